The first-order valence-corrected chi connectivity index (χ1v) is 13.7. The summed E-state index contributed by atoms with van der Waals surface area (Å²) < 4.78 is 0. The number of urea groups is 1. The fraction of sp³-hybridized carbons (Fsp3) is 0.714. The second-order valence-corrected chi connectivity index (χ2v) is 11.8. The molecule has 2 saturated heterocycles. The molecule has 5 rings (SSSR count). The van der Waals surface area contributed by atoms with Gasteiger partial charge in [-0.25, -0.2) is 4.79 Å². The van der Waals surface area contributed by atoms with Crippen LogP contribution in [0.2, 0.25) is 0 Å². The number of benzene rings is 1. The molecular weight excluding hydrogens is 456 g/mol. The zero-order valence-electron chi connectivity index (χ0n) is 21.8. The largest absolute Gasteiger partial charge is 0.388 e. The summed E-state index contributed by atoms with van der Waals surface area (Å²) in [5.41, 5.74) is 1.14. The second-order valence-electron chi connectivity index (χ2n) is 11.8. The zero-order valence-corrected chi connectivity index (χ0v) is 21.8. The Morgan fingerprint density at radius 2 is 1.67 bits per heavy atom. The van der Waals surface area contributed by atoms with Gasteiger partial charge in [-0.05, 0) is 64.1 Å². The molecule has 0 unspecified atom stereocenters. The lowest BCUT2D eigenvalue weighted by Gasteiger charge is -2.51. The molecule has 0 aromatic heterocycles. The Kier molecular flexibility index (Phi) is 7.05. The van der Waals surface area contributed by atoms with Crippen LogP contribution >= 0.6 is 0 Å². The number of aliphatic hydroxyl groups is 2. The predicted octanol–water partition coefficient (Wildman–Crippen LogP) is 2.25. The Hall–Kier alpha value is -2.16. The Morgan fingerprint density at radius 3 is 2.22 bits per heavy atom. The van der Waals surface area contributed by atoms with E-state index in [1.54, 1.807) is 0 Å². The first-order valence-electron chi connectivity index (χ1n) is 13.7. The molecule has 8 nitrogen and oxygen atoms in total. The van der Waals surface area contributed by atoms with Crippen LogP contribution in [0.3, 0.4) is 0 Å². The van der Waals surface area contributed by atoms with Gasteiger partial charge in [0.05, 0.1) is 17.7 Å². The summed E-state index contributed by atoms with van der Waals surface area (Å²) in [5, 5.41) is 19.6. The maximum atomic E-state index is 13.7. The summed E-state index contributed by atoms with van der Waals surface area (Å²) in [4.78, 5) is 34.4. The Morgan fingerprint density at radius 1 is 1.03 bits per heavy atom. The molecule has 2 saturated carbocycles. The highest BCUT2D eigenvalue weighted by atomic mass is 16.3. The van der Waals surface area contributed by atoms with Crippen LogP contribution in [0.25, 0.3) is 0 Å². The molecule has 0 bridgehead atoms. The Balaban J connectivity index is 1.30. The van der Waals surface area contributed by atoms with E-state index in [2.05, 4.69) is 54.2 Å². The van der Waals surface area contributed by atoms with E-state index in [1.165, 1.54) is 29.7 Å². The van der Waals surface area contributed by atoms with Crippen molar-refractivity contribution in [2.75, 3.05) is 46.8 Å². The van der Waals surface area contributed by atoms with Crippen LogP contribution in [0.1, 0.15) is 56.9 Å². The number of β-amino-alcohol motifs (C(OH)–C–C–N with tert-alkyl or cyclic N) is 2. The molecule has 0 radical (unpaired) electrons. The molecule has 2 heterocycles. The van der Waals surface area contributed by atoms with Crippen LogP contribution in [0.15, 0.2) is 30.3 Å². The van der Waals surface area contributed by atoms with Crippen LogP contribution < -0.4 is 0 Å². The van der Waals surface area contributed by atoms with Crippen molar-refractivity contribution in [3.63, 3.8) is 0 Å². The van der Waals surface area contributed by atoms with Crippen LogP contribution in [0.5, 0.6) is 0 Å². The van der Waals surface area contributed by atoms with Gasteiger partial charge in [-0.2, -0.15) is 0 Å². The number of carbonyl (C=O) groups excluding carboxylic acids is 2. The average molecular weight is 499 g/mol. The maximum absolute atomic E-state index is 13.7. The minimum atomic E-state index is -0.882. The standard InChI is InChI=1S/C28H42N4O4/c1-29(2)28(22-9-4-3-5-10-22)14-12-27(13-15-28)20-30(26(36)32(27)17-21-7-6-8-21)16-11-25(35)31-18-23(33)24(34)19-31/h3-5,9-10,21,23-24,33-34H,6-8,11-20H2,1-2H3/t23-,24+,27?,28?. The van der Waals surface area contributed by atoms with Crippen molar-refractivity contribution >= 4 is 11.9 Å². The van der Waals surface area contributed by atoms with E-state index in [0.29, 0.717) is 19.0 Å². The molecule has 1 aromatic rings. The van der Waals surface area contributed by atoms with Crippen molar-refractivity contribution in [2.24, 2.45) is 5.92 Å². The van der Waals surface area contributed by atoms with E-state index < -0.39 is 12.2 Å². The van der Waals surface area contributed by atoms with E-state index in [1.807, 2.05) is 4.90 Å². The number of hydrogen-bond donors (Lipinski definition) is 2. The van der Waals surface area contributed by atoms with Gasteiger partial charge in [-0.1, -0.05) is 36.8 Å². The van der Waals surface area contributed by atoms with Gasteiger partial charge in [0.1, 0.15) is 0 Å². The molecule has 8 heteroatoms. The van der Waals surface area contributed by atoms with Gasteiger partial charge in [0, 0.05) is 44.7 Å². The molecule has 2 aliphatic carbocycles. The highest BCUT2D eigenvalue weighted by Crippen LogP contribution is 2.49. The monoisotopic (exact) mass is 498 g/mol. The summed E-state index contributed by atoms with van der Waals surface area (Å²) in [7, 11) is 4.34. The number of aliphatic hydroxyl groups excluding tert-OH is 2. The topological polar surface area (TPSA) is 87.6 Å². The molecule has 2 atom stereocenters. The van der Waals surface area contributed by atoms with Gasteiger partial charge >= 0.3 is 6.03 Å². The van der Waals surface area contributed by atoms with E-state index in [0.717, 1.165) is 32.2 Å². The molecule has 36 heavy (non-hydrogen) atoms. The molecular formula is C28H42N4O4. The van der Waals surface area contributed by atoms with Gasteiger partial charge in [-0.15, -0.1) is 0 Å². The summed E-state index contributed by atoms with van der Waals surface area (Å²) in [5.74, 6) is 0.485. The smallest absolute Gasteiger partial charge is 0.320 e. The number of rotatable bonds is 7. The zero-order chi connectivity index (χ0) is 25.5. The third kappa shape index (κ3) is 4.52. The van der Waals surface area contributed by atoms with Crippen molar-refractivity contribution in [1.29, 1.82) is 0 Å². The number of likely N-dealkylation sites (tertiary alicyclic amines) is 1. The third-order valence-electron chi connectivity index (χ3n) is 9.61. The number of nitrogens with zero attached hydrogens (tertiary/aromatic N) is 4. The van der Waals surface area contributed by atoms with Gasteiger partial charge in [0.2, 0.25) is 5.91 Å². The predicted molar refractivity (Wildman–Crippen MR) is 137 cm³/mol. The van der Waals surface area contributed by atoms with Gasteiger partial charge in [0.15, 0.2) is 0 Å². The fourth-order valence-electron chi connectivity index (χ4n) is 6.92. The normalized spacial score (nSPS) is 33.1. The number of amides is 3. The summed E-state index contributed by atoms with van der Waals surface area (Å²) >= 11 is 0. The molecule has 1 spiro atoms. The van der Waals surface area contributed by atoms with E-state index in [4.69, 9.17) is 0 Å². The molecule has 2 aliphatic heterocycles. The molecule has 4 fully saturated rings. The van der Waals surface area contributed by atoms with Gasteiger partial charge in [-0.3, -0.25) is 9.69 Å². The summed E-state index contributed by atoms with van der Waals surface area (Å²) in [6, 6.07) is 10.8. The minimum absolute atomic E-state index is 0.0293. The first-order chi connectivity index (χ1) is 17.2. The molecule has 3 amide bonds. The SMILES string of the molecule is CN(C)C1(c2ccccc2)CCC2(CC1)CN(CCC(=O)N1C[C@@H](O)[C@@H](O)C1)C(=O)N2CC1CCC1. The molecule has 4 aliphatic rings. The highest BCUT2D eigenvalue weighted by Gasteiger charge is 2.54. The van der Waals surface area contributed by atoms with Crippen molar-refractivity contribution in [3.05, 3.63) is 35.9 Å². The minimum Gasteiger partial charge on any atom is -0.388 e. The van der Waals surface area contributed by atoms with E-state index >= 15 is 0 Å². The highest BCUT2D eigenvalue weighted by molar-refractivity contribution is 5.80. The van der Waals surface area contributed by atoms with Crippen LogP contribution in [-0.4, -0.2) is 106 Å². The van der Waals surface area contributed by atoms with Crippen molar-refractivity contribution < 1.29 is 19.8 Å². The lowest BCUT2D eigenvalue weighted by Crippen LogP contribution is -2.56. The van der Waals surface area contributed by atoms with Crippen LogP contribution in [0.4, 0.5) is 4.79 Å². The molecule has 1 aromatic carbocycles. The van der Waals surface area contributed by atoms with Crippen molar-refractivity contribution in [1.82, 2.24) is 19.6 Å². The van der Waals surface area contributed by atoms with E-state index in [-0.39, 0.29) is 42.5 Å². The van der Waals surface area contributed by atoms with Crippen molar-refractivity contribution in [2.45, 2.75) is 74.7 Å². The first kappa shape index (κ1) is 25.5. The van der Waals surface area contributed by atoms with Crippen LogP contribution in [-0.2, 0) is 10.3 Å². The van der Waals surface area contributed by atoms with Crippen molar-refractivity contribution in [3.8, 4) is 0 Å². The average Bonchev–Trinajstić information content (AvgIpc) is 3.31. The quantitative estimate of drug-likeness (QED) is 0.602. The fourth-order valence-corrected chi connectivity index (χ4v) is 6.92. The molecule has 198 valence electrons. The number of hydrogen-bond acceptors (Lipinski definition) is 5. The van der Waals surface area contributed by atoms with Crippen LogP contribution in [0, 0.1) is 5.92 Å². The third-order valence-corrected chi connectivity index (χ3v) is 9.61. The lowest BCUT2D eigenvalue weighted by atomic mass is 9.68. The van der Waals surface area contributed by atoms with Gasteiger partial charge < -0.3 is 24.9 Å². The Bertz CT molecular complexity index is 932. The van der Waals surface area contributed by atoms with E-state index in [9.17, 15) is 19.8 Å². The maximum Gasteiger partial charge on any atom is 0.320 e. The molecule has 2 N–H and O–H groups in total. The number of carbonyl (C=O) groups is 2. The Labute approximate surface area is 214 Å². The summed E-state index contributed by atoms with van der Waals surface area (Å²) in [6.45, 7) is 2.22. The second kappa shape index (κ2) is 9.95. The summed E-state index contributed by atoms with van der Waals surface area (Å²) in [6.07, 6.45) is 6.00. The lowest BCUT2D eigenvalue weighted by molar-refractivity contribution is -0.130. The van der Waals surface area contributed by atoms with Gasteiger partial charge in [0.25, 0.3) is 0 Å².